The number of nitrogens with one attached hydrogen (secondary N) is 1. The zero-order chi connectivity index (χ0) is 12.9. The smallest absolute Gasteiger partial charge is 0.211 e. The van der Waals surface area contributed by atoms with E-state index >= 15 is 0 Å². The van der Waals surface area contributed by atoms with Crippen molar-refractivity contribution in [1.29, 1.82) is 0 Å². The van der Waals surface area contributed by atoms with Gasteiger partial charge in [-0.3, -0.25) is 0 Å². The summed E-state index contributed by atoms with van der Waals surface area (Å²) in [6.07, 6.45) is 8.16. The molecule has 1 aliphatic rings. The van der Waals surface area contributed by atoms with Crippen LogP contribution in [0.2, 0.25) is 0 Å². The van der Waals surface area contributed by atoms with E-state index in [0.717, 1.165) is 24.8 Å². The van der Waals surface area contributed by atoms with Gasteiger partial charge in [0.15, 0.2) is 0 Å². The first kappa shape index (κ1) is 14.2. The van der Waals surface area contributed by atoms with Crippen molar-refractivity contribution < 1.29 is 8.42 Å². The first-order valence-corrected chi connectivity index (χ1v) is 7.49. The highest BCUT2D eigenvalue weighted by molar-refractivity contribution is 7.93. The molecule has 0 saturated heterocycles. The molecule has 3 nitrogen and oxygen atoms in total. The fraction of sp³-hybridized carbons (Fsp3) is 0.538. The summed E-state index contributed by atoms with van der Waals surface area (Å²) >= 11 is 0. The van der Waals surface area contributed by atoms with Crippen molar-refractivity contribution in [3.8, 4) is 0 Å². The summed E-state index contributed by atoms with van der Waals surface area (Å²) < 4.78 is 26.4. The molecular formula is C13H21NO2S. The van der Waals surface area contributed by atoms with Gasteiger partial charge in [-0.05, 0) is 39.2 Å². The van der Waals surface area contributed by atoms with Crippen LogP contribution in [0.5, 0.6) is 0 Å². The van der Waals surface area contributed by atoms with Crippen LogP contribution in [-0.2, 0) is 10.0 Å². The minimum atomic E-state index is -3.30. The lowest BCUT2D eigenvalue weighted by atomic mass is 10.1. The van der Waals surface area contributed by atoms with E-state index < -0.39 is 10.0 Å². The molecule has 0 aliphatic carbocycles. The molecular weight excluding hydrogens is 234 g/mol. The van der Waals surface area contributed by atoms with Crippen LogP contribution in [0.3, 0.4) is 0 Å². The molecule has 4 heteroatoms. The number of hydrogen-bond acceptors (Lipinski definition) is 2. The second-order valence-electron chi connectivity index (χ2n) is 4.37. The average molecular weight is 255 g/mol. The van der Waals surface area contributed by atoms with Gasteiger partial charge < -0.3 is 0 Å². The Morgan fingerprint density at radius 1 is 1.47 bits per heavy atom. The molecule has 0 aromatic heterocycles. The number of rotatable bonds is 3. The van der Waals surface area contributed by atoms with E-state index in [1.165, 1.54) is 5.57 Å². The Hall–Kier alpha value is -0.870. The van der Waals surface area contributed by atoms with Crippen LogP contribution >= 0.6 is 0 Å². The summed E-state index contributed by atoms with van der Waals surface area (Å²) in [7, 11) is -3.30. The Labute approximate surface area is 104 Å². The first-order valence-electron chi connectivity index (χ1n) is 6.00. The number of allylic oxidation sites excluding steroid dienone is 5. The molecule has 1 aliphatic heterocycles. The zero-order valence-electron chi connectivity index (χ0n) is 10.8. The summed E-state index contributed by atoms with van der Waals surface area (Å²) in [6.45, 7) is 6.53. The lowest BCUT2D eigenvalue weighted by Gasteiger charge is -2.04. The van der Waals surface area contributed by atoms with Gasteiger partial charge in [-0.2, -0.15) is 0 Å². The Kier molecular flexibility index (Phi) is 5.15. The van der Waals surface area contributed by atoms with Crippen LogP contribution in [0.15, 0.2) is 34.3 Å². The van der Waals surface area contributed by atoms with E-state index in [4.69, 9.17) is 0 Å². The molecule has 1 rings (SSSR count). The molecule has 0 saturated carbocycles. The summed E-state index contributed by atoms with van der Waals surface area (Å²) in [6, 6.07) is 0. The zero-order valence-corrected chi connectivity index (χ0v) is 11.6. The van der Waals surface area contributed by atoms with Crippen molar-refractivity contribution in [2.24, 2.45) is 0 Å². The van der Waals surface area contributed by atoms with Crippen LogP contribution < -0.4 is 4.72 Å². The molecule has 17 heavy (non-hydrogen) atoms. The van der Waals surface area contributed by atoms with Crippen LogP contribution in [-0.4, -0.2) is 15.0 Å². The van der Waals surface area contributed by atoms with Crippen molar-refractivity contribution in [2.75, 3.05) is 6.54 Å². The van der Waals surface area contributed by atoms with Gasteiger partial charge in [0.2, 0.25) is 10.0 Å². The third-order valence-electron chi connectivity index (χ3n) is 2.92. The molecule has 0 aromatic rings. The van der Waals surface area contributed by atoms with Gasteiger partial charge in [-0.25, -0.2) is 13.1 Å². The van der Waals surface area contributed by atoms with Crippen molar-refractivity contribution in [3.05, 3.63) is 34.3 Å². The SMILES string of the molecule is CC/C(C)=C/C=C\C1=C(C)CCCNS1(=O)=O. The highest BCUT2D eigenvalue weighted by Crippen LogP contribution is 2.20. The van der Waals surface area contributed by atoms with E-state index in [1.807, 2.05) is 26.0 Å². The van der Waals surface area contributed by atoms with E-state index in [9.17, 15) is 8.42 Å². The third kappa shape index (κ3) is 4.13. The lowest BCUT2D eigenvalue weighted by molar-refractivity contribution is 0.589. The Morgan fingerprint density at radius 2 is 2.18 bits per heavy atom. The standard InChI is InChI=1S/C13H21NO2S/c1-4-11(2)7-5-9-13-12(3)8-6-10-14-17(13,15)16/h5,7,9,14H,4,6,8,10H2,1-3H3/b9-5-,11-7+. The van der Waals surface area contributed by atoms with Gasteiger partial charge in [-0.15, -0.1) is 0 Å². The summed E-state index contributed by atoms with van der Waals surface area (Å²) in [5.74, 6) is 0. The first-order chi connectivity index (χ1) is 7.97. The predicted octanol–water partition coefficient (Wildman–Crippen LogP) is 2.89. The van der Waals surface area contributed by atoms with Crippen LogP contribution in [0, 0.1) is 0 Å². The van der Waals surface area contributed by atoms with Crippen LogP contribution in [0.1, 0.15) is 40.0 Å². The minimum Gasteiger partial charge on any atom is -0.211 e. The maximum absolute atomic E-state index is 11.9. The highest BCUT2D eigenvalue weighted by Gasteiger charge is 2.19. The lowest BCUT2D eigenvalue weighted by Crippen LogP contribution is -2.23. The third-order valence-corrected chi connectivity index (χ3v) is 4.56. The molecule has 0 bridgehead atoms. The molecule has 0 fully saturated rings. The van der Waals surface area contributed by atoms with Gasteiger partial charge in [0, 0.05) is 6.54 Å². The van der Waals surface area contributed by atoms with E-state index in [0.29, 0.717) is 11.4 Å². The highest BCUT2D eigenvalue weighted by atomic mass is 32.2. The Balaban J connectivity index is 3.00. The Morgan fingerprint density at radius 3 is 2.82 bits per heavy atom. The fourth-order valence-electron chi connectivity index (χ4n) is 1.64. The predicted molar refractivity (Wildman–Crippen MR) is 72.0 cm³/mol. The summed E-state index contributed by atoms with van der Waals surface area (Å²) in [4.78, 5) is 0.426. The molecule has 1 N–H and O–H groups in total. The van der Waals surface area contributed by atoms with Crippen molar-refractivity contribution in [2.45, 2.75) is 40.0 Å². The molecule has 96 valence electrons. The number of hydrogen-bond donors (Lipinski definition) is 1. The summed E-state index contributed by atoms with van der Waals surface area (Å²) in [5, 5.41) is 0. The monoisotopic (exact) mass is 255 g/mol. The van der Waals surface area contributed by atoms with Gasteiger partial charge in [0.1, 0.15) is 0 Å². The van der Waals surface area contributed by atoms with Crippen molar-refractivity contribution >= 4 is 10.0 Å². The van der Waals surface area contributed by atoms with E-state index in [-0.39, 0.29) is 0 Å². The van der Waals surface area contributed by atoms with E-state index in [2.05, 4.69) is 11.6 Å². The molecule has 0 spiro atoms. The molecule has 1 heterocycles. The van der Waals surface area contributed by atoms with Crippen molar-refractivity contribution in [1.82, 2.24) is 4.72 Å². The molecule has 0 amide bonds. The quantitative estimate of drug-likeness (QED) is 0.788. The normalized spacial score (nSPS) is 21.9. The van der Waals surface area contributed by atoms with Crippen molar-refractivity contribution in [3.63, 3.8) is 0 Å². The second-order valence-corrected chi connectivity index (χ2v) is 6.11. The van der Waals surface area contributed by atoms with Crippen LogP contribution in [0.4, 0.5) is 0 Å². The van der Waals surface area contributed by atoms with Gasteiger partial charge >= 0.3 is 0 Å². The summed E-state index contributed by atoms with van der Waals surface area (Å²) in [5.41, 5.74) is 2.17. The van der Waals surface area contributed by atoms with E-state index in [1.54, 1.807) is 6.08 Å². The minimum absolute atomic E-state index is 0.426. The molecule has 0 radical (unpaired) electrons. The largest absolute Gasteiger partial charge is 0.240 e. The van der Waals surface area contributed by atoms with Gasteiger partial charge in [-0.1, -0.05) is 30.2 Å². The molecule has 0 aromatic carbocycles. The second kappa shape index (κ2) is 6.17. The Bertz CT molecular complexity index is 456. The average Bonchev–Trinajstić information content (AvgIpc) is 2.40. The van der Waals surface area contributed by atoms with Crippen LogP contribution in [0.25, 0.3) is 0 Å². The topological polar surface area (TPSA) is 46.2 Å². The molecule has 0 atom stereocenters. The maximum Gasteiger partial charge on any atom is 0.240 e. The number of sulfonamides is 1. The van der Waals surface area contributed by atoms with Gasteiger partial charge in [0.25, 0.3) is 0 Å². The van der Waals surface area contributed by atoms with Gasteiger partial charge in [0.05, 0.1) is 4.91 Å². The fourth-order valence-corrected chi connectivity index (χ4v) is 3.03. The maximum atomic E-state index is 11.9. The molecule has 0 unspecified atom stereocenters.